The fourth-order valence-electron chi connectivity index (χ4n) is 4.36. The lowest BCUT2D eigenvalue weighted by molar-refractivity contribution is 0.0664. The predicted octanol–water partition coefficient (Wildman–Crippen LogP) is 3.70. The molecule has 1 N–H and O–H groups in total. The number of aromatic nitrogens is 2. The molecule has 1 aliphatic heterocycles. The number of carbonyl (C=O) groups is 1. The number of fused-ring (bicyclic) bond motifs is 2. The fourth-order valence-corrected chi connectivity index (χ4v) is 4.36. The monoisotopic (exact) mass is 450 g/mol. The SMILES string of the molecule is CN1CCN(C(=O)c2ccc3cc(CCNc4ccnc5ncc(C#N)cc45)ccc3c2)CC1. The van der Waals surface area contributed by atoms with Gasteiger partial charge in [-0.05, 0) is 54.1 Å². The molecule has 0 radical (unpaired) electrons. The lowest BCUT2D eigenvalue weighted by Crippen LogP contribution is -2.47. The minimum Gasteiger partial charge on any atom is -0.384 e. The van der Waals surface area contributed by atoms with Gasteiger partial charge in [-0.2, -0.15) is 5.26 Å². The summed E-state index contributed by atoms with van der Waals surface area (Å²) in [5.41, 5.74) is 4.02. The smallest absolute Gasteiger partial charge is 0.253 e. The van der Waals surface area contributed by atoms with E-state index < -0.39 is 0 Å². The molecule has 1 aliphatic rings. The van der Waals surface area contributed by atoms with Crippen molar-refractivity contribution < 1.29 is 4.79 Å². The topological polar surface area (TPSA) is 85.2 Å². The van der Waals surface area contributed by atoms with Crippen molar-refractivity contribution >= 4 is 33.4 Å². The fraction of sp³-hybridized carbons (Fsp3) is 0.259. The molecule has 2 aromatic heterocycles. The third-order valence-electron chi connectivity index (χ3n) is 6.40. The van der Waals surface area contributed by atoms with Crippen LogP contribution in [0.1, 0.15) is 21.5 Å². The van der Waals surface area contributed by atoms with Gasteiger partial charge in [-0.25, -0.2) is 9.97 Å². The molecule has 3 heterocycles. The minimum absolute atomic E-state index is 0.113. The highest BCUT2D eigenvalue weighted by atomic mass is 16.2. The van der Waals surface area contributed by atoms with Crippen molar-refractivity contribution in [3.05, 3.63) is 77.6 Å². The van der Waals surface area contributed by atoms with Gasteiger partial charge in [-0.1, -0.05) is 24.3 Å². The number of hydrogen-bond donors (Lipinski definition) is 1. The van der Waals surface area contributed by atoms with Crippen LogP contribution in [-0.2, 0) is 6.42 Å². The number of nitrogens with zero attached hydrogens (tertiary/aromatic N) is 5. The number of likely N-dealkylation sites (N-methyl/N-ethyl adjacent to an activating group) is 1. The van der Waals surface area contributed by atoms with Crippen molar-refractivity contribution in [1.82, 2.24) is 19.8 Å². The van der Waals surface area contributed by atoms with Crippen molar-refractivity contribution in [2.45, 2.75) is 6.42 Å². The Labute approximate surface area is 198 Å². The van der Waals surface area contributed by atoms with Crippen molar-refractivity contribution in [2.75, 3.05) is 45.1 Å². The summed E-state index contributed by atoms with van der Waals surface area (Å²) < 4.78 is 0. The van der Waals surface area contributed by atoms with E-state index in [0.29, 0.717) is 11.2 Å². The number of carbonyl (C=O) groups excluding carboxylic acids is 1. The molecule has 0 bridgehead atoms. The van der Waals surface area contributed by atoms with E-state index in [4.69, 9.17) is 5.26 Å². The standard InChI is InChI=1S/C27H26N6O/c1-32-10-12-33(13-11-32)27(34)23-5-4-21-14-19(2-3-22(21)16-23)6-8-29-25-7-9-30-26-24(25)15-20(17-28)18-31-26/h2-5,7,9,14-16,18H,6,8,10-13H2,1H3,(H,29,30,31). The van der Waals surface area contributed by atoms with Crippen LogP contribution in [-0.4, -0.2) is 65.4 Å². The average Bonchev–Trinajstić information content (AvgIpc) is 2.88. The van der Waals surface area contributed by atoms with Gasteiger partial charge in [0.05, 0.1) is 5.56 Å². The molecule has 2 aromatic carbocycles. The van der Waals surface area contributed by atoms with Crippen LogP contribution >= 0.6 is 0 Å². The molecule has 0 saturated carbocycles. The van der Waals surface area contributed by atoms with Crippen LogP contribution in [0.4, 0.5) is 5.69 Å². The number of nitriles is 1. The van der Waals surface area contributed by atoms with E-state index in [-0.39, 0.29) is 5.91 Å². The van der Waals surface area contributed by atoms with Gasteiger partial charge in [-0.3, -0.25) is 4.79 Å². The van der Waals surface area contributed by atoms with Crippen LogP contribution in [0.15, 0.2) is 60.9 Å². The van der Waals surface area contributed by atoms with Gasteiger partial charge < -0.3 is 15.1 Å². The maximum atomic E-state index is 12.9. The minimum atomic E-state index is 0.113. The van der Waals surface area contributed by atoms with E-state index in [1.165, 1.54) is 11.8 Å². The zero-order valence-electron chi connectivity index (χ0n) is 19.2. The molecular weight excluding hydrogens is 424 g/mol. The van der Waals surface area contributed by atoms with Gasteiger partial charge in [0.15, 0.2) is 5.65 Å². The number of pyridine rings is 2. The van der Waals surface area contributed by atoms with Crippen LogP contribution < -0.4 is 5.32 Å². The number of nitrogens with one attached hydrogen (secondary N) is 1. The molecule has 4 aromatic rings. The third-order valence-corrected chi connectivity index (χ3v) is 6.40. The first-order valence-corrected chi connectivity index (χ1v) is 11.5. The second kappa shape index (κ2) is 9.46. The van der Waals surface area contributed by atoms with Crippen molar-refractivity contribution in [2.24, 2.45) is 0 Å². The number of hydrogen-bond acceptors (Lipinski definition) is 6. The first-order chi connectivity index (χ1) is 16.6. The highest BCUT2D eigenvalue weighted by molar-refractivity contribution is 5.98. The summed E-state index contributed by atoms with van der Waals surface area (Å²) >= 11 is 0. The van der Waals surface area contributed by atoms with Gasteiger partial charge in [-0.15, -0.1) is 0 Å². The van der Waals surface area contributed by atoms with Crippen LogP contribution in [0.25, 0.3) is 21.8 Å². The lowest BCUT2D eigenvalue weighted by Gasteiger charge is -2.32. The zero-order chi connectivity index (χ0) is 23.5. The molecule has 170 valence electrons. The number of piperazine rings is 1. The molecule has 0 atom stereocenters. The normalized spacial score (nSPS) is 14.3. The number of anilines is 1. The van der Waals surface area contributed by atoms with E-state index in [2.05, 4.69) is 51.5 Å². The van der Waals surface area contributed by atoms with Gasteiger partial charge in [0, 0.05) is 61.8 Å². The second-order valence-electron chi connectivity index (χ2n) is 8.73. The summed E-state index contributed by atoms with van der Waals surface area (Å²) in [6.45, 7) is 4.13. The maximum Gasteiger partial charge on any atom is 0.253 e. The van der Waals surface area contributed by atoms with E-state index in [0.717, 1.165) is 66.6 Å². The Balaban J connectivity index is 1.26. The Hall–Kier alpha value is -4.02. The largest absolute Gasteiger partial charge is 0.384 e. The summed E-state index contributed by atoms with van der Waals surface area (Å²) in [5.74, 6) is 0.113. The van der Waals surface area contributed by atoms with Crippen molar-refractivity contribution in [3.8, 4) is 6.07 Å². The average molecular weight is 451 g/mol. The van der Waals surface area contributed by atoms with E-state index in [1.54, 1.807) is 6.20 Å². The quantitative estimate of drug-likeness (QED) is 0.499. The molecule has 0 spiro atoms. The molecule has 1 fully saturated rings. The molecule has 0 aliphatic carbocycles. The van der Waals surface area contributed by atoms with Gasteiger partial charge in [0.1, 0.15) is 6.07 Å². The molecule has 34 heavy (non-hydrogen) atoms. The highest BCUT2D eigenvalue weighted by Gasteiger charge is 2.20. The Morgan fingerprint density at radius 3 is 2.65 bits per heavy atom. The third kappa shape index (κ3) is 4.54. The Kier molecular flexibility index (Phi) is 6.07. The van der Waals surface area contributed by atoms with Crippen LogP contribution in [0.5, 0.6) is 0 Å². The molecule has 5 rings (SSSR count). The van der Waals surface area contributed by atoms with Crippen LogP contribution in [0.3, 0.4) is 0 Å². The lowest BCUT2D eigenvalue weighted by atomic mass is 10.0. The Bertz CT molecular complexity index is 1400. The zero-order valence-corrected chi connectivity index (χ0v) is 19.2. The summed E-state index contributed by atoms with van der Waals surface area (Å²) in [6.07, 6.45) is 4.10. The van der Waals surface area contributed by atoms with Gasteiger partial charge >= 0.3 is 0 Å². The second-order valence-corrected chi connectivity index (χ2v) is 8.73. The van der Waals surface area contributed by atoms with Crippen molar-refractivity contribution in [3.63, 3.8) is 0 Å². The van der Waals surface area contributed by atoms with Crippen LogP contribution in [0.2, 0.25) is 0 Å². The summed E-state index contributed by atoms with van der Waals surface area (Å²) in [7, 11) is 2.09. The van der Waals surface area contributed by atoms with Crippen LogP contribution in [0, 0.1) is 11.3 Å². The van der Waals surface area contributed by atoms with E-state index >= 15 is 0 Å². The predicted molar refractivity (Wildman–Crippen MR) is 134 cm³/mol. The molecule has 1 amide bonds. The Morgan fingerprint density at radius 2 is 1.82 bits per heavy atom. The summed E-state index contributed by atoms with van der Waals surface area (Å²) in [5, 5.41) is 15.7. The molecule has 7 heteroatoms. The van der Waals surface area contributed by atoms with E-state index in [9.17, 15) is 4.79 Å². The van der Waals surface area contributed by atoms with E-state index in [1.807, 2.05) is 35.2 Å². The molecular formula is C27H26N6O. The molecule has 0 unspecified atom stereocenters. The van der Waals surface area contributed by atoms with Gasteiger partial charge in [0.25, 0.3) is 5.91 Å². The Morgan fingerprint density at radius 1 is 1.03 bits per heavy atom. The molecule has 7 nitrogen and oxygen atoms in total. The first-order valence-electron chi connectivity index (χ1n) is 11.5. The first kappa shape index (κ1) is 21.8. The number of benzene rings is 2. The van der Waals surface area contributed by atoms with Crippen molar-refractivity contribution in [1.29, 1.82) is 5.26 Å². The number of amides is 1. The molecule has 1 saturated heterocycles. The highest BCUT2D eigenvalue weighted by Crippen LogP contribution is 2.22. The summed E-state index contributed by atoms with van der Waals surface area (Å²) in [6, 6.07) is 18.2. The van der Waals surface area contributed by atoms with Gasteiger partial charge in [0.2, 0.25) is 0 Å². The maximum absolute atomic E-state index is 12.9. The number of rotatable bonds is 5. The summed E-state index contributed by atoms with van der Waals surface area (Å²) in [4.78, 5) is 25.6.